The van der Waals surface area contributed by atoms with Gasteiger partial charge in [0.25, 0.3) is 6.01 Å². The van der Waals surface area contributed by atoms with Crippen LogP contribution in [0.1, 0.15) is 24.8 Å². The first-order valence-corrected chi connectivity index (χ1v) is 10.7. The Morgan fingerprint density at radius 1 is 1.19 bits per heavy atom. The molecule has 11 heteroatoms. The van der Waals surface area contributed by atoms with Crippen LogP contribution in [-0.2, 0) is 20.7 Å². The second-order valence-corrected chi connectivity index (χ2v) is 7.64. The second kappa shape index (κ2) is 12.2. The lowest BCUT2D eigenvalue weighted by molar-refractivity contribution is -0.137. The molecule has 0 saturated carbocycles. The van der Waals surface area contributed by atoms with Crippen LogP contribution in [-0.4, -0.2) is 77.2 Å². The van der Waals surface area contributed by atoms with Gasteiger partial charge in [0, 0.05) is 13.1 Å². The molecule has 3 rings (SSSR count). The number of carbonyl (C=O) groups excluding carboxylic acids is 2. The van der Waals surface area contributed by atoms with E-state index in [-0.39, 0.29) is 18.3 Å². The van der Waals surface area contributed by atoms with Crippen molar-refractivity contribution in [3.05, 3.63) is 48.4 Å². The summed E-state index contributed by atoms with van der Waals surface area (Å²) in [5.41, 5.74) is 1.13. The van der Waals surface area contributed by atoms with Crippen LogP contribution in [0.5, 0.6) is 0 Å². The molecular formula is C21H29BN4O6. The van der Waals surface area contributed by atoms with E-state index in [2.05, 4.69) is 15.6 Å². The maximum Gasteiger partial charge on any atom is 0.475 e. The summed E-state index contributed by atoms with van der Waals surface area (Å²) >= 11 is 0. The molecule has 32 heavy (non-hydrogen) atoms. The molecule has 4 N–H and O–H groups in total. The van der Waals surface area contributed by atoms with E-state index in [1.807, 2.05) is 30.3 Å². The quantitative estimate of drug-likeness (QED) is 0.362. The van der Waals surface area contributed by atoms with Crippen LogP contribution in [0.4, 0.5) is 6.01 Å². The number of carbonyl (C=O) groups is 2. The number of aryl methyl sites for hydroxylation is 1. The summed E-state index contributed by atoms with van der Waals surface area (Å²) in [4.78, 5) is 31.3. The maximum absolute atomic E-state index is 13.0. The zero-order chi connectivity index (χ0) is 22.8. The average molecular weight is 444 g/mol. The summed E-state index contributed by atoms with van der Waals surface area (Å²) in [6.45, 7) is 1.83. The number of hydrogen-bond donors (Lipinski definition) is 4. The van der Waals surface area contributed by atoms with Crippen molar-refractivity contribution in [3.63, 3.8) is 0 Å². The normalized spacial score (nSPS) is 15.6. The summed E-state index contributed by atoms with van der Waals surface area (Å²) in [7, 11) is -1.73. The topological polar surface area (TPSA) is 137 Å². The van der Waals surface area contributed by atoms with Crippen LogP contribution in [0.25, 0.3) is 0 Å². The van der Waals surface area contributed by atoms with E-state index < -0.39 is 25.0 Å². The van der Waals surface area contributed by atoms with E-state index >= 15 is 0 Å². The second-order valence-electron chi connectivity index (χ2n) is 7.64. The molecule has 1 aliphatic rings. The van der Waals surface area contributed by atoms with Gasteiger partial charge in [0.1, 0.15) is 12.3 Å². The van der Waals surface area contributed by atoms with Crippen LogP contribution in [0, 0.1) is 0 Å². The van der Waals surface area contributed by atoms with Gasteiger partial charge in [-0.15, -0.1) is 0 Å². The van der Waals surface area contributed by atoms with Crippen LogP contribution in [0.2, 0.25) is 0 Å². The molecule has 0 bridgehead atoms. The summed E-state index contributed by atoms with van der Waals surface area (Å²) in [6, 6.07) is 8.93. The third-order valence-corrected chi connectivity index (χ3v) is 5.30. The molecule has 1 aromatic carbocycles. The highest BCUT2D eigenvalue weighted by atomic mass is 16.5. The minimum atomic E-state index is -1.73. The average Bonchev–Trinajstić information content (AvgIpc) is 3.32. The van der Waals surface area contributed by atoms with Crippen LogP contribution < -0.4 is 10.6 Å². The van der Waals surface area contributed by atoms with Crippen molar-refractivity contribution in [2.24, 2.45) is 0 Å². The smallest absolute Gasteiger partial charge is 0.432 e. The Morgan fingerprint density at radius 3 is 2.59 bits per heavy atom. The Morgan fingerprint density at radius 2 is 1.94 bits per heavy atom. The number of oxazole rings is 1. The highest BCUT2D eigenvalue weighted by Gasteiger charge is 2.31. The Balaban J connectivity index is 1.59. The number of ether oxygens (including phenoxy) is 1. The fraction of sp³-hybridized carbons (Fsp3) is 0.476. The largest absolute Gasteiger partial charge is 0.475 e. The van der Waals surface area contributed by atoms with Gasteiger partial charge in [-0.2, -0.15) is 0 Å². The van der Waals surface area contributed by atoms with E-state index in [9.17, 15) is 19.6 Å². The number of morpholine rings is 1. The first-order valence-electron chi connectivity index (χ1n) is 10.7. The lowest BCUT2D eigenvalue weighted by Gasteiger charge is -2.29. The number of rotatable bonds is 11. The summed E-state index contributed by atoms with van der Waals surface area (Å²) in [5, 5.41) is 25.0. The molecule has 10 nitrogen and oxygen atoms in total. The van der Waals surface area contributed by atoms with Crippen molar-refractivity contribution in [2.75, 3.05) is 31.6 Å². The molecule has 2 aromatic rings. The van der Waals surface area contributed by atoms with Crippen molar-refractivity contribution < 1.29 is 28.8 Å². The SMILES string of the molecule is O=C(N[C@@H](CCCc1ccccc1)B(O)O)[C@@H](CC(=O)N1CCOCC1)Nc1ncco1. The number of amides is 2. The van der Waals surface area contributed by atoms with Gasteiger partial charge in [-0.05, 0) is 24.8 Å². The molecule has 1 aliphatic heterocycles. The van der Waals surface area contributed by atoms with Gasteiger partial charge in [-0.25, -0.2) is 4.98 Å². The van der Waals surface area contributed by atoms with E-state index in [4.69, 9.17) is 9.15 Å². The summed E-state index contributed by atoms with van der Waals surface area (Å²) in [5.74, 6) is -1.63. The Hall–Kier alpha value is -2.89. The summed E-state index contributed by atoms with van der Waals surface area (Å²) in [6.07, 6.45) is 4.40. The van der Waals surface area contributed by atoms with Crippen molar-refractivity contribution in [1.29, 1.82) is 0 Å². The molecular weight excluding hydrogens is 415 g/mol. The third kappa shape index (κ3) is 7.36. The van der Waals surface area contributed by atoms with E-state index in [0.29, 0.717) is 39.1 Å². The van der Waals surface area contributed by atoms with Gasteiger partial charge in [0.2, 0.25) is 11.8 Å². The van der Waals surface area contributed by atoms with E-state index in [0.717, 1.165) is 12.0 Å². The number of benzene rings is 1. The molecule has 172 valence electrons. The molecule has 0 aliphatic carbocycles. The fourth-order valence-electron chi connectivity index (χ4n) is 3.52. The minimum absolute atomic E-state index is 0.102. The molecule has 0 radical (unpaired) electrons. The van der Waals surface area contributed by atoms with Gasteiger partial charge >= 0.3 is 7.12 Å². The lowest BCUT2D eigenvalue weighted by Crippen LogP contribution is -2.53. The molecule has 2 atom stereocenters. The van der Waals surface area contributed by atoms with E-state index in [1.54, 1.807) is 4.90 Å². The van der Waals surface area contributed by atoms with Crippen molar-refractivity contribution in [1.82, 2.24) is 15.2 Å². The standard InChI is InChI=1S/C21H29BN4O6/c27-19(26-10-13-31-14-11-26)15-17(24-21-23-9-12-32-21)20(28)25-18(22(29)30)8-4-7-16-5-2-1-3-6-16/h1-3,5-6,9,12,17-18,29-30H,4,7-8,10-11,13-15H2,(H,23,24)(H,25,28)/t17-,18+/m1/s1. The van der Waals surface area contributed by atoms with Crippen molar-refractivity contribution >= 4 is 24.9 Å². The first kappa shape index (κ1) is 23.8. The number of hydrogen-bond acceptors (Lipinski definition) is 8. The van der Waals surface area contributed by atoms with Crippen LogP contribution >= 0.6 is 0 Å². The molecule has 1 fully saturated rings. The Labute approximate surface area is 187 Å². The van der Waals surface area contributed by atoms with Gasteiger partial charge in [-0.1, -0.05) is 30.3 Å². The monoisotopic (exact) mass is 444 g/mol. The van der Waals surface area contributed by atoms with Gasteiger partial charge < -0.3 is 34.7 Å². The number of aromatic nitrogens is 1. The molecule has 0 unspecified atom stereocenters. The minimum Gasteiger partial charge on any atom is -0.432 e. The maximum atomic E-state index is 13.0. The lowest BCUT2D eigenvalue weighted by atomic mass is 9.76. The van der Waals surface area contributed by atoms with Crippen LogP contribution in [0.15, 0.2) is 47.2 Å². The van der Waals surface area contributed by atoms with Crippen molar-refractivity contribution in [3.8, 4) is 0 Å². The fourth-order valence-corrected chi connectivity index (χ4v) is 3.52. The molecule has 1 aromatic heterocycles. The summed E-state index contributed by atoms with van der Waals surface area (Å²) < 4.78 is 10.4. The molecule has 1 saturated heterocycles. The zero-order valence-corrected chi connectivity index (χ0v) is 17.9. The van der Waals surface area contributed by atoms with E-state index in [1.165, 1.54) is 12.5 Å². The molecule has 0 spiro atoms. The Kier molecular flexibility index (Phi) is 9.08. The highest BCUT2D eigenvalue weighted by Crippen LogP contribution is 2.12. The first-order chi connectivity index (χ1) is 15.5. The predicted octanol–water partition coefficient (Wildman–Crippen LogP) is 0.224. The molecule has 2 heterocycles. The van der Waals surface area contributed by atoms with Crippen molar-refractivity contribution in [2.45, 2.75) is 37.7 Å². The van der Waals surface area contributed by atoms with Gasteiger partial charge in [-0.3, -0.25) is 9.59 Å². The number of anilines is 1. The molecule has 2 amide bonds. The van der Waals surface area contributed by atoms with Gasteiger partial charge in [0.15, 0.2) is 0 Å². The highest BCUT2D eigenvalue weighted by molar-refractivity contribution is 6.43. The van der Waals surface area contributed by atoms with Crippen LogP contribution in [0.3, 0.4) is 0 Å². The van der Waals surface area contributed by atoms with Gasteiger partial charge in [0.05, 0.1) is 31.8 Å². The zero-order valence-electron chi connectivity index (χ0n) is 17.9. The number of nitrogens with zero attached hydrogens (tertiary/aromatic N) is 2. The third-order valence-electron chi connectivity index (χ3n) is 5.30. The Bertz CT molecular complexity index is 830. The predicted molar refractivity (Wildman–Crippen MR) is 117 cm³/mol. The number of nitrogens with one attached hydrogen (secondary N) is 2.